The van der Waals surface area contributed by atoms with Crippen LogP contribution >= 0.6 is 0 Å². The minimum Gasteiger partial charge on any atom is -0.396 e. The molecule has 0 heterocycles. The monoisotopic (exact) mass is 253 g/mol. The van der Waals surface area contributed by atoms with Crippen LogP contribution in [0, 0.1) is 5.82 Å². The summed E-state index contributed by atoms with van der Waals surface area (Å²) in [5.41, 5.74) is 10.5. The number of amides is 2. The van der Waals surface area contributed by atoms with Crippen molar-refractivity contribution >= 4 is 17.5 Å². The topological polar surface area (TPSA) is 98.2 Å². The van der Waals surface area contributed by atoms with Crippen LogP contribution in [-0.4, -0.2) is 18.4 Å². The number of hydrogen-bond acceptors (Lipinski definition) is 3. The Morgan fingerprint density at radius 1 is 1.28 bits per heavy atom. The number of nitrogens with one attached hydrogen (secondary N) is 1. The van der Waals surface area contributed by atoms with E-state index in [0.29, 0.717) is 25.8 Å². The van der Waals surface area contributed by atoms with Crippen molar-refractivity contribution in [3.63, 3.8) is 0 Å². The van der Waals surface area contributed by atoms with Gasteiger partial charge in [0.15, 0.2) is 0 Å². The summed E-state index contributed by atoms with van der Waals surface area (Å²) in [5.74, 6) is -1.34. The third-order valence-corrected chi connectivity index (χ3v) is 2.40. The predicted molar refractivity (Wildman–Crippen MR) is 66.2 cm³/mol. The van der Waals surface area contributed by atoms with Crippen LogP contribution in [0.5, 0.6) is 0 Å². The molecule has 1 aromatic rings. The molecule has 0 atom stereocenters. The van der Waals surface area contributed by atoms with Gasteiger partial charge in [0.2, 0.25) is 5.91 Å². The van der Waals surface area contributed by atoms with E-state index in [1.165, 1.54) is 12.1 Å². The van der Waals surface area contributed by atoms with Crippen molar-refractivity contribution in [3.05, 3.63) is 29.6 Å². The number of nitrogens with two attached hydrogens (primary N) is 2. The standard InChI is InChI=1S/C12H16FN3O2/c13-9-7-8(4-5-10(9)14)12(18)16-6-2-1-3-11(15)17/h4-5,7H,1-3,6,14H2,(H2,15,17)(H,16,18). The molecule has 5 nitrogen and oxygen atoms in total. The van der Waals surface area contributed by atoms with Crippen molar-refractivity contribution in [1.82, 2.24) is 5.32 Å². The second kappa shape index (κ2) is 6.58. The number of benzene rings is 1. The van der Waals surface area contributed by atoms with Gasteiger partial charge in [-0.05, 0) is 31.0 Å². The Kier molecular flexibility index (Phi) is 5.10. The molecule has 0 aliphatic carbocycles. The Morgan fingerprint density at radius 2 is 2.00 bits per heavy atom. The normalized spacial score (nSPS) is 10.1. The van der Waals surface area contributed by atoms with Crippen LogP contribution in [0.1, 0.15) is 29.6 Å². The number of anilines is 1. The lowest BCUT2D eigenvalue weighted by Gasteiger charge is -2.05. The van der Waals surface area contributed by atoms with Gasteiger partial charge >= 0.3 is 0 Å². The quantitative estimate of drug-likeness (QED) is 0.516. The van der Waals surface area contributed by atoms with E-state index in [4.69, 9.17) is 11.5 Å². The van der Waals surface area contributed by atoms with Crippen molar-refractivity contribution in [2.45, 2.75) is 19.3 Å². The molecular weight excluding hydrogens is 237 g/mol. The molecule has 0 aliphatic heterocycles. The Labute approximate surface area is 104 Å². The lowest BCUT2D eigenvalue weighted by molar-refractivity contribution is -0.118. The minimum atomic E-state index is -0.614. The maximum absolute atomic E-state index is 13.1. The summed E-state index contributed by atoms with van der Waals surface area (Å²) in [6, 6.07) is 3.89. The van der Waals surface area contributed by atoms with Crippen molar-refractivity contribution in [2.24, 2.45) is 5.73 Å². The van der Waals surface area contributed by atoms with Crippen LogP contribution in [0.15, 0.2) is 18.2 Å². The second-order valence-corrected chi connectivity index (χ2v) is 3.92. The Balaban J connectivity index is 2.36. The molecule has 0 saturated carbocycles. The van der Waals surface area contributed by atoms with Gasteiger partial charge in [-0.3, -0.25) is 9.59 Å². The van der Waals surface area contributed by atoms with Crippen LogP contribution in [0.3, 0.4) is 0 Å². The molecule has 2 amide bonds. The summed E-state index contributed by atoms with van der Waals surface area (Å²) in [6.45, 7) is 0.415. The van der Waals surface area contributed by atoms with E-state index < -0.39 is 5.82 Å². The van der Waals surface area contributed by atoms with E-state index >= 15 is 0 Å². The van der Waals surface area contributed by atoms with E-state index in [1.54, 1.807) is 0 Å². The number of carbonyl (C=O) groups excluding carboxylic acids is 2. The van der Waals surface area contributed by atoms with E-state index in [0.717, 1.165) is 6.07 Å². The van der Waals surface area contributed by atoms with Crippen LogP contribution in [-0.2, 0) is 4.79 Å². The molecular formula is C12H16FN3O2. The molecule has 0 saturated heterocycles. The largest absolute Gasteiger partial charge is 0.396 e. The highest BCUT2D eigenvalue weighted by atomic mass is 19.1. The zero-order valence-electron chi connectivity index (χ0n) is 9.91. The predicted octanol–water partition coefficient (Wildman–Crippen LogP) is 0.793. The molecule has 98 valence electrons. The smallest absolute Gasteiger partial charge is 0.251 e. The number of hydrogen-bond donors (Lipinski definition) is 3. The molecule has 6 heteroatoms. The SMILES string of the molecule is NC(=O)CCCCNC(=O)c1ccc(N)c(F)c1. The first-order valence-corrected chi connectivity index (χ1v) is 5.62. The van der Waals surface area contributed by atoms with E-state index in [2.05, 4.69) is 5.32 Å². The molecule has 18 heavy (non-hydrogen) atoms. The average Bonchev–Trinajstić information content (AvgIpc) is 2.31. The summed E-state index contributed by atoms with van der Waals surface area (Å²) in [7, 11) is 0. The first-order valence-electron chi connectivity index (χ1n) is 5.62. The van der Waals surface area contributed by atoms with Crippen LogP contribution in [0.4, 0.5) is 10.1 Å². The van der Waals surface area contributed by atoms with Gasteiger partial charge in [-0.15, -0.1) is 0 Å². The summed E-state index contributed by atoms with van der Waals surface area (Å²) in [4.78, 5) is 22.1. The molecule has 5 N–H and O–H groups in total. The number of primary amides is 1. The van der Waals surface area contributed by atoms with Gasteiger partial charge in [0.05, 0.1) is 5.69 Å². The van der Waals surface area contributed by atoms with E-state index in [9.17, 15) is 14.0 Å². The maximum atomic E-state index is 13.1. The average molecular weight is 253 g/mol. The fourth-order valence-corrected chi connectivity index (χ4v) is 1.40. The molecule has 0 bridgehead atoms. The fourth-order valence-electron chi connectivity index (χ4n) is 1.40. The number of nitrogen functional groups attached to an aromatic ring is 1. The molecule has 0 aromatic heterocycles. The first kappa shape index (κ1) is 14.0. The highest BCUT2D eigenvalue weighted by Crippen LogP contribution is 2.11. The van der Waals surface area contributed by atoms with Crippen molar-refractivity contribution in [3.8, 4) is 0 Å². The lowest BCUT2D eigenvalue weighted by Crippen LogP contribution is -2.24. The third kappa shape index (κ3) is 4.40. The van der Waals surface area contributed by atoms with Crippen molar-refractivity contribution < 1.29 is 14.0 Å². The Bertz CT molecular complexity index is 449. The minimum absolute atomic E-state index is 0.00741. The number of halogens is 1. The molecule has 0 radical (unpaired) electrons. The number of carbonyl (C=O) groups is 2. The van der Waals surface area contributed by atoms with Crippen LogP contribution < -0.4 is 16.8 Å². The molecule has 0 unspecified atom stereocenters. The van der Waals surface area contributed by atoms with Gasteiger partial charge < -0.3 is 16.8 Å². The van der Waals surface area contributed by atoms with Crippen molar-refractivity contribution in [2.75, 3.05) is 12.3 Å². The molecule has 1 rings (SSSR count). The second-order valence-electron chi connectivity index (χ2n) is 3.92. The zero-order chi connectivity index (χ0) is 13.5. The molecule has 0 spiro atoms. The van der Waals surface area contributed by atoms with Gasteiger partial charge in [-0.1, -0.05) is 0 Å². The summed E-state index contributed by atoms with van der Waals surface area (Å²) in [6.07, 6.45) is 1.56. The Hall–Kier alpha value is -2.11. The van der Waals surface area contributed by atoms with Gasteiger partial charge in [0.1, 0.15) is 5.82 Å². The van der Waals surface area contributed by atoms with Gasteiger partial charge in [0, 0.05) is 18.5 Å². The number of rotatable bonds is 6. The number of unbranched alkanes of at least 4 members (excludes halogenated alkanes) is 1. The van der Waals surface area contributed by atoms with Gasteiger partial charge in [0.25, 0.3) is 5.91 Å². The van der Waals surface area contributed by atoms with Gasteiger partial charge in [-0.25, -0.2) is 4.39 Å². The van der Waals surface area contributed by atoms with Crippen LogP contribution in [0.2, 0.25) is 0 Å². The summed E-state index contributed by atoms with van der Waals surface area (Å²) in [5, 5.41) is 2.62. The maximum Gasteiger partial charge on any atom is 0.251 e. The summed E-state index contributed by atoms with van der Waals surface area (Å²) < 4.78 is 13.1. The molecule has 0 fully saturated rings. The fraction of sp³-hybridized carbons (Fsp3) is 0.333. The van der Waals surface area contributed by atoms with Crippen LogP contribution in [0.25, 0.3) is 0 Å². The lowest BCUT2D eigenvalue weighted by atomic mass is 10.2. The van der Waals surface area contributed by atoms with E-state index in [1.807, 2.05) is 0 Å². The Morgan fingerprint density at radius 3 is 2.61 bits per heavy atom. The molecule has 0 aliphatic rings. The summed E-state index contributed by atoms with van der Waals surface area (Å²) >= 11 is 0. The van der Waals surface area contributed by atoms with Crippen molar-refractivity contribution in [1.29, 1.82) is 0 Å². The van der Waals surface area contributed by atoms with Gasteiger partial charge in [-0.2, -0.15) is 0 Å². The zero-order valence-corrected chi connectivity index (χ0v) is 9.91. The van der Waals surface area contributed by atoms with E-state index in [-0.39, 0.29) is 23.1 Å². The first-order chi connectivity index (χ1) is 8.50. The highest BCUT2D eigenvalue weighted by Gasteiger charge is 2.07. The third-order valence-electron chi connectivity index (χ3n) is 2.40. The highest BCUT2D eigenvalue weighted by molar-refractivity contribution is 5.94. The molecule has 1 aromatic carbocycles.